The summed E-state index contributed by atoms with van der Waals surface area (Å²) in [4.78, 5) is 39.9. The van der Waals surface area contributed by atoms with E-state index in [2.05, 4.69) is 25.7 Å². The van der Waals surface area contributed by atoms with Gasteiger partial charge in [-0.1, -0.05) is 36.4 Å². The molecule has 0 aromatic heterocycles. The number of sulfone groups is 1. The van der Waals surface area contributed by atoms with Crippen molar-refractivity contribution in [3.05, 3.63) is 78.9 Å². The van der Waals surface area contributed by atoms with Gasteiger partial charge in [0.15, 0.2) is 6.61 Å². The topological polar surface area (TPSA) is 152 Å². The Morgan fingerprint density at radius 1 is 0.838 bits per heavy atom. The highest BCUT2D eigenvalue weighted by atomic mass is 32.2. The van der Waals surface area contributed by atoms with Crippen LogP contribution in [0.25, 0.3) is 0 Å². The van der Waals surface area contributed by atoms with E-state index in [1.165, 1.54) is 37.3 Å². The molecule has 0 aliphatic heterocycles. The zero-order valence-corrected chi connectivity index (χ0v) is 20.7. The molecule has 0 bridgehead atoms. The molecular formula is C25H24N4O7S. The zero-order chi connectivity index (χ0) is 26.8. The molecule has 0 aliphatic rings. The normalized spacial score (nSPS) is 11.2. The van der Waals surface area contributed by atoms with Crippen LogP contribution in [0.15, 0.2) is 93.6 Å². The van der Waals surface area contributed by atoms with Crippen LogP contribution in [0.3, 0.4) is 0 Å². The maximum atomic E-state index is 13.0. The Labute approximate surface area is 213 Å². The summed E-state index contributed by atoms with van der Waals surface area (Å²) in [7, 11) is -2.76. The minimum absolute atomic E-state index is 0.0665. The largest absolute Gasteiger partial charge is 0.484 e. The lowest BCUT2D eigenvalue weighted by atomic mass is 10.2. The van der Waals surface area contributed by atoms with Gasteiger partial charge in [0, 0.05) is 6.92 Å². The van der Waals surface area contributed by atoms with Gasteiger partial charge >= 0.3 is 6.09 Å². The molecule has 3 aromatic rings. The second-order valence-corrected chi connectivity index (χ2v) is 9.35. The monoisotopic (exact) mass is 524 g/mol. The minimum Gasteiger partial charge on any atom is -0.484 e. The number of aliphatic imine (C=N–C) groups is 1. The second-order valence-electron chi connectivity index (χ2n) is 7.40. The quantitative estimate of drug-likeness (QED) is 0.315. The number of nitrogens with one attached hydrogen (secondary N) is 3. The van der Waals surface area contributed by atoms with Gasteiger partial charge in [0.2, 0.25) is 21.7 Å². The van der Waals surface area contributed by atoms with Gasteiger partial charge in [-0.05, 0) is 42.5 Å². The van der Waals surface area contributed by atoms with Crippen molar-refractivity contribution in [1.29, 1.82) is 0 Å². The fraction of sp³-hybridized carbons (Fsp3) is 0.120. The van der Waals surface area contributed by atoms with Crippen LogP contribution >= 0.6 is 0 Å². The standard InChI is InChI=1S/C25H24N4O7S/c1-17(30)26-22-15-20(37(33,34)19-11-7-4-8-12-19)13-14-21(22)27-24(29-25(32)35-2)28-23(31)16-36-18-9-5-3-6-10-18/h3-15H,16H2,1-2H3,(H,26,30)(H2,27,28,29,31,32). The highest BCUT2D eigenvalue weighted by Gasteiger charge is 2.20. The van der Waals surface area contributed by atoms with E-state index >= 15 is 0 Å². The van der Waals surface area contributed by atoms with Gasteiger partial charge in [-0.15, -0.1) is 0 Å². The van der Waals surface area contributed by atoms with Crippen LogP contribution in [0.5, 0.6) is 5.75 Å². The Kier molecular flexibility index (Phi) is 8.95. The van der Waals surface area contributed by atoms with Crippen molar-refractivity contribution in [2.24, 2.45) is 4.99 Å². The third-order valence-corrected chi connectivity index (χ3v) is 6.43. The Morgan fingerprint density at radius 2 is 1.49 bits per heavy atom. The van der Waals surface area contributed by atoms with E-state index in [1.807, 2.05) is 0 Å². The molecule has 0 heterocycles. The highest BCUT2D eigenvalue weighted by Crippen LogP contribution is 2.29. The summed E-state index contributed by atoms with van der Waals surface area (Å²) < 4.78 is 36.0. The van der Waals surface area contributed by atoms with E-state index in [9.17, 15) is 22.8 Å². The van der Waals surface area contributed by atoms with Crippen LogP contribution in [0, 0.1) is 0 Å². The fourth-order valence-corrected chi connectivity index (χ4v) is 4.32. The number of benzene rings is 3. The van der Waals surface area contributed by atoms with Crippen molar-refractivity contribution in [3.63, 3.8) is 0 Å². The average Bonchev–Trinajstić information content (AvgIpc) is 2.89. The smallest absolute Gasteiger partial charge is 0.413 e. The van der Waals surface area contributed by atoms with Crippen LogP contribution in [-0.4, -0.2) is 46.0 Å². The molecule has 37 heavy (non-hydrogen) atoms. The number of para-hydroxylation sites is 1. The molecule has 0 atom stereocenters. The van der Waals surface area contributed by atoms with Crippen LogP contribution < -0.4 is 20.7 Å². The van der Waals surface area contributed by atoms with E-state index in [4.69, 9.17) is 4.74 Å². The van der Waals surface area contributed by atoms with Crippen molar-refractivity contribution in [1.82, 2.24) is 5.32 Å². The number of amides is 3. The van der Waals surface area contributed by atoms with E-state index < -0.39 is 34.4 Å². The van der Waals surface area contributed by atoms with Crippen LogP contribution in [0.4, 0.5) is 16.2 Å². The molecule has 0 saturated carbocycles. The molecule has 192 valence electrons. The molecule has 0 radical (unpaired) electrons. The van der Waals surface area contributed by atoms with Gasteiger partial charge < -0.3 is 20.1 Å². The van der Waals surface area contributed by atoms with Crippen molar-refractivity contribution < 1.29 is 32.3 Å². The Morgan fingerprint density at radius 3 is 2.11 bits per heavy atom. The number of hydrogen-bond acceptors (Lipinski definition) is 7. The molecule has 12 heteroatoms. The number of carbonyl (C=O) groups is 3. The zero-order valence-electron chi connectivity index (χ0n) is 19.9. The molecule has 0 spiro atoms. The number of carbonyl (C=O) groups excluding carboxylic acids is 3. The fourth-order valence-electron chi connectivity index (χ4n) is 3.01. The van der Waals surface area contributed by atoms with Gasteiger partial charge in [0.1, 0.15) is 5.75 Å². The summed E-state index contributed by atoms with van der Waals surface area (Å²) >= 11 is 0. The lowest BCUT2D eigenvalue weighted by molar-refractivity contribution is -0.119. The first kappa shape index (κ1) is 26.9. The molecule has 0 saturated heterocycles. The first-order chi connectivity index (χ1) is 17.7. The Bertz CT molecular complexity index is 1410. The van der Waals surface area contributed by atoms with Gasteiger partial charge in [0.05, 0.1) is 28.3 Å². The lowest BCUT2D eigenvalue weighted by Crippen LogP contribution is -2.37. The van der Waals surface area contributed by atoms with Gasteiger partial charge in [-0.3, -0.25) is 14.9 Å². The third-order valence-electron chi connectivity index (χ3n) is 4.67. The number of alkyl carbamates (subject to hydrolysis) is 1. The molecular weight excluding hydrogens is 500 g/mol. The predicted octanol–water partition coefficient (Wildman–Crippen LogP) is 3.21. The van der Waals surface area contributed by atoms with Crippen LogP contribution in [0.2, 0.25) is 0 Å². The minimum atomic E-state index is -3.89. The third kappa shape index (κ3) is 7.64. The Balaban J connectivity index is 1.91. The first-order valence-electron chi connectivity index (χ1n) is 10.8. The molecule has 0 aliphatic carbocycles. The summed E-state index contributed by atoms with van der Waals surface area (Å²) in [5, 5.41) is 7.52. The number of ether oxygens (including phenoxy) is 2. The van der Waals surface area contributed by atoms with E-state index in [0.29, 0.717) is 5.75 Å². The number of hydrogen-bond donors (Lipinski definition) is 3. The SMILES string of the molecule is COC(=O)N/C(=N/C(=O)COc1ccccc1)Nc1ccc(S(=O)(=O)c2ccccc2)cc1NC(C)=O. The molecule has 3 aromatic carbocycles. The molecule has 3 rings (SSSR count). The molecule has 3 amide bonds. The summed E-state index contributed by atoms with van der Waals surface area (Å²) in [6.45, 7) is 0.819. The number of rotatable bonds is 7. The highest BCUT2D eigenvalue weighted by molar-refractivity contribution is 7.91. The predicted molar refractivity (Wildman–Crippen MR) is 136 cm³/mol. The van der Waals surface area contributed by atoms with Crippen molar-refractivity contribution in [2.75, 3.05) is 24.4 Å². The van der Waals surface area contributed by atoms with Crippen molar-refractivity contribution in [2.45, 2.75) is 16.7 Å². The van der Waals surface area contributed by atoms with Crippen molar-refractivity contribution >= 4 is 45.1 Å². The average molecular weight is 525 g/mol. The first-order valence-corrected chi connectivity index (χ1v) is 12.3. The van der Waals surface area contributed by atoms with Gasteiger partial charge in [-0.2, -0.15) is 4.99 Å². The molecule has 11 nitrogen and oxygen atoms in total. The number of methoxy groups -OCH3 is 1. The van der Waals surface area contributed by atoms with Gasteiger partial charge in [0.25, 0.3) is 5.91 Å². The summed E-state index contributed by atoms with van der Waals surface area (Å²) in [5.74, 6) is -1.11. The number of anilines is 2. The van der Waals surface area contributed by atoms with Crippen LogP contribution in [0.1, 0.15) is 6.92 Å². The maximum Gasteiger partial charge on any atom is 0.413 e. The summed E-state index contributed by atoms with van der Waals surface area (Å²) in [6.07, 6.45) is -0.924. The van der Waals surface area contributed by atoms with Crippen LogP contribution in [-0.2, 0) is 24.2 Å². The maximum absolute atomic E-state index is 13.0. The van der Waals surface area contributed by atoms with E-state index in [-0.39, 0.29) is 27.1 Å². The lowest BCUT2D eigenvalue weighted by Gasteiger charge is -2.16. The second kappa shape index (κ2) is 12.3. The van der Waals surface area contributed by atoms with E-state index in [0.717, 1.165) is 7.11 Å². The van der Waals surface area contributed by atoms with E-state index in [1.54, 1.807) is 48.5 Å². The summed E-state index contributed by atoms with van der Waals surface area (Å²) in [6, 6.07) is 20.3. The molecule has 0 fully saturated rings. The molecule has 0 unspecified atom stereocenters. The Hall–Kier alpha value is -4.71. The number of nitrogens with zero attached hydrogens (tertiary/aromatic N) is 1. The number of guanidine groups is 1. The molecule has 3 N–H and O–H groups in total. The van der Waals surface area contributed by atoms with Crippen molar-refractivity contribution in [3.8, 4) is 5.75 Å². The van der Waals surface area contributed by atoms with Gasteiger partial charge in [-0.25, -0.2) is 13.2 Å². The summed E-state index contributed by atoms with van der Waals surface area (Å²) in [5.41, 5.74) is 0.214.